The summed E-state index contributed by atoms with van der Waals surface area (Å²) < 4.78 is 9.80. The predicted octanol–water partition coefficient (Wildman–Crippen LogP) is 3.42. The quantitative estimate of drug-likeness (QED) is 0.243. The number of nitrogens with one attached hydrogen (secondary N) is 1. The normalized spacial score (nSPS) is 10.9. The molecule has 9 heteroatoms. The molecule has 0 bridgehead atoms. The average Bonchev–Trinajstić information content (AvgIpc) is 3.50. The summed E-state index contributed by atoms with van der Waals surface area (Å²) in [5.41, 5.74) is 10.8. The smallest absolute Gasteiger partial charge is 0.354 e. The summed E-state index contributed by atoms with van der Waals surface area (Å²) in [7, 11) is 6.57. The van der Waals surface area contributed by atoms with E-state index in [-0.39, 0.29) is 18.1 Å². The van der Waals surface area contributed by atoms with E-state index in [1.165, 1.54) is 7.11 Å². The Hall–Kier alpha value is -4.53. The maximum absolute atomic E-state index is 13.1. The van der Waals surface area contributed by atoms with E-state index in [1.807, 2.05) is 43.6 Å². The number of rotatable bonds is 7. The van der Waals surface area contributed by atoms with Crippen molar-refractivity contribution in [3.05, 3.63) is 83.7 Å². The molecule has 4 aromatic rings. The van der Waals surface area contributed by atoms with Gasteiger partial charge in [0.15, 0.2) is 5.78 Å². The number of Topliss-reactive ketones (excluding diaryl/α,β-unsaturated/α-hetero) is 1. The van der Waals surface area contributed by atoms with Crippen LogP contribution in [0.3, 0.4) is 0 Å². The lowest BCUT2D eigenvalue weighted by atomic mass is 10.1. The number of hydrogen-bond acceptors (Lipinski definition) is 5. The van der Waals surface area contributed by atoms with Crippen molar-refractivity contribution in [1.82, 2.24) is 13.7 Å². The number of esters is 1. The van der Waals surface area contributed by atoms with Gasteiger partial charge in [0.1, 0.15) is 11.4 Å². The van der Waals surface area contributed by atoms with Gasteiger partial charge in [-0.1, -0.05) is 12.1 Å². The second-order valence-electron chi connectivity index (χ2n) is 8.46. The summed E-state index contributed by atoms with van der Waals surface area (Å²) in [6.45, 7) is 0. The summed E-state index contributed by atoms with van der Waals surface area (Å²) in [6, 6.07) is 12.6. The molecule has 0 atom stereocenters. The van der Waals surface area contributed by atoms with E-state index in [0.717, 1.165) is 16.7 Å². The van der Waals surface area contributed by atoms with Crippen LogP contribution < -0.4 is 11.1 Å². The van der Waals surface area contributed by atoms with Crippen molar-refractivity contribution in [2.24, 2.45) is 21.1 Å². The molecule has 180 valence electrons. The zero-order valence-corrected chi connectivity index (χ0v) is 20.0. The van der Waals surface area contributed by atoms with Crippen molar-refractivity contribution < 1.29 is 19.1 Å². The van der Waals surface area contributed by atoms with Crippen LogP contribution in [-0.4, -0.2) is 38.5 Å². The van der Waals surface area contributed by atoms with Gasteiger partial charge in [0.25, 0.3) is 5.91 Å². The molecular formula is C26H27N5O4. The number of ether oxygens (including phenoxy) is 1. The van der Waals surface area contributed by atoms with Crippen molar-refractivity contribution in [1.29, 1.82) is 0 Å². The van der Waals surface area contributed by atoms with Crippen LogP contribution in [0.5, 0.6) is 0 Å². The fourth-order valence-corrected chi connectivity index (χ4v) is 4.04. The first kappa shape index (κ1) is 23.6. The third-order valence-corrected chi connectivity index (χ3v) is 5.85. The number of anilines is 2. The lowest BCUT2D eigenvalue weighted by Crippen LogP contribution is -2.14. The van der Waals surface area contributed by atoms with Gasteiger partial charge in [-0.3, -0.25) is 9.59 Å². The number of carbonyl (C=O) groups excluding carboxylic acids is 3. The van der Waals surface area contributed by atoms with Gasteiger partial charge in [0.05, 0.1) is 18.5 Å². The minimum Gasteiger partial charge on any atom is -0.464 e. The maximum Gasteiger partial charge on any atom is 0.354 e. The van der Waals surface area contributed by atoms with Gasteiger partial charge in [-0.2, -0.15) is 0 Å². The summed E-state index contributed by atoms with van der Waals surface area (Å²) in [6.07, 6.45) is 5.45. The minimum atomic E-state index is -0.493. The Morgan fingerprint density at radius 2 is 1.49 bits per heavy atom. The summed E-state index contributed by atoms with van der Waals surface area (Å²) in [5, 5.41) is 2.79. The zero-order valence-electron chi connectivity index (χ0n) is 20.0. The number of aryl methyl sites for hydroxylation is 3. The summed E-state index contributed by atoms with van der Waals surface area (Å²) >= 11 is 0. The monoisotopic (exact) mass is 473 g/mol. The molecule has 9 nitrogen and oxygen atoms in total. The Morgan fingerprint density at radius 3 is 2.17 bits per heavy atom. The molecule has 0 aliphatic carbocycles. The number of ketones is 1. The topological polar surface area (TPSA) is 113 Å². The molecule has 3 heterocycles. The predicted molar refractivity (Wildman–Crippen MR) is 133 cm³/mol. The van der Waals surface area contributed by atoms with Gasteiger partial charge in [-0.15, -0.1) is 0 Å². The van der Waals surface area contributed by atoms with Crippen LogP contribution in [0.4, 0.5) is 11.4 Å². The maximum atomic E-state index is 13.1. The van der Waals surface area contributed by atoms with Gasteiger partial charge < -0.3 is 29.5 Å². The molecule has 0 aliphatic heterocycles. The molecule has 1 aromatic carbocycles. The number of aromatic nitrogens is 3. The molecule has 0 saturated carbocycles. The van der Waals surface area contributed by atoms with Crippen LogP contribution in [0.15, 0.2) is 61.1 Å². The van der Waals surface area contributed by atoms with Gasteiger partial charge in [0.2, 0.25) is 0 Å². The first-order chi connectivity index (χ1) is 16.7. The average molecular weight is 474 g/mol. The van der Waals surface area contributed by atoms with Crippen molar-refractivity contribution in [3.63, 3.8) is 0 Å². The molecule has 35 heavy (non-hydrogen) atoms. The Morgan fingerprint density at radius 1 is 0.829 bits per heavy atom. The largest absolute Gasteiger partial charge is 0.464 e. The Balaban J connectivity index is 1.48. The molecule has 0 aliphatic rings. The molecule has 4 rings (SSSR count). The second kappa shape index (κ2) is 9.38. The Kier molecular flexibility index (Phi) is 6.33. The fraction of sp³-hybridized carbons (Fsp3) is 0.192. The zero-order chi connectivity index (χ0) is 25.3. The van der Waals surface area contributed by atoms with Gasteiger partial charge >= 0.3 is 5.97 Å². The number of carbonyl (C=O) groups is 3. The number of nitrogen functional groups attached to an aromatic ring is 1. The van der Waals surface area contributed by atoms with Crippen LogP contribution in [0.2, 0.25) is 0 Å². The summed E-state index contributed by atoms with van der Waals surface area (Å²) in [5.74, 6) is -0.900. The molecular weight excluding hydrogens is 446 g/mol. The molecule has 3 aromatic heterocycles. The van der Waals surface area contributed by atoms with Crippen LogP contribution in [0.1, 0.15) is 37.0 Å². The van der Waals surface area contributed by atoms with E-state index in [0.29, 0.717) is 28.5 Å². The van der Waals surface area contributed by atoms with E-state index in [1.54, 1.807) is 52.3 Å². The van der Waals surface area contributed by atoms with E-state index >= 15 is 0 Å². The van der Waals surface area contributed by atoms with Crippen LogP contribution >= 0.6 is 0 Å². The Labute approximate surface area is 202 Å². The van der Waals surface area contributed by atoms with Gasteiger partial charge in [0, 0.05) is 57.4 Å². The third kappa shape index (κ3) is 4.89. The second-order valence-corrected chi connectivity index (χ2v) is 8.46. The van der Waals surface area contributed by atoms with E-state index in [2.05, 4.69) is 5.32 Å². The van der Waals surface area contributed by atoms with Crippen molar-refractivity contribution in [2.75, 3.05) is 18.2 Å². The molecule has 0 unspecified atom stereocenters. The number of nitrogens with two attached hydrogens (primary N) is 1. The van der Waals surface area contributed by atoms with Crippen LogP contribution in [-0.2, 0) is 32.3 Å². The van der Waals surface area contributed by atoms with Gasteiger partial charge in [-0.05, 0) is 41.5 Å². The standard InChI is InChI=1S/C26H27N5O4/c1-29-13-16(9-22(29)25(33)28-20-12-23(26(34)35-4)31(3)15-20)10-24(32)21-11-18(14-30(21)2)17-5-7-19(27)8-6-17/h5-9,11-15H,10,27H2,1-4H3,(H,28,33). The summed E-state index contributed by atoms with van der Waals surface area (Å²) in [4.78, 5) is 37.7. The Bertz CT molecular complexity index is 1420. The number of hydrogen-bond donors (Lipinski definition) is 2. The van der Waals surface area contributed by atoms with Crippen molar-refractivity contribution in [3.8, 4) is 11.1 Å². The van der Waals surface area contributed by atoms with Gasteiger partial charge in [-0.25, -0.2) is 4.79 Å². The first-order valence-electron chi connectivity index (χ1n) is 10.9. The third-order valence-electron chi connectivity index (χ3n) is 5.85. The minimum absolute atomic E-state index is 0.0578. The van der Waals surface area contributed by atoms with Crippen LogP contribution in [0.25, 0.3) is 11.1 Å². The number of methoxy groups -OCH3 is 1. The highest BCUT2D eigenvalue weighted by Crippen LogP contribution is 2.24. The molecule has 0 radical (unpaired) electrons. The van der Waals surface area contributed by atoms with E-state index in [9.17, 15) is 14.4 Å². The molecule has 0 fully saturated rings. The molecule has 3 N–H and O–H groups in total. The SMILES string of the molecule is COC(=O)c1cc(NC(=O)c2cc(CC(=O)c3cc(-c4ccc(N)cc4)cn3C)cn2C)cn1C. The number of amides is 1. The fourth-order valence-electron chi connectivity index (χ4n) is 4.04. The number of benzene rings is 1. The van der Waals surface area contributed by atoms with Crippen molar-refractivity contribution >= 4 is 29.0 Å². The molecule has 0 saturated heterocycles. The number of nitrogens with zero attached hydrogens (tertiary/aromatic N) is 3. The molecule has 0 spiro atoms. The van der Waals surface area contributed by atoms with Crippen LogP contribution in [0, 0.1) is 0 Å². The highest BCUT2D eigenvalue weighted by molar-refractivity contribution is 6.04. The van der Waals surface area contributed by atoms with Crippen molar-refractivity contribution in [2.45, 2.75) is 6.42 Å². The van der Waals surface area contributed by atoms with E-state index < -0.39 is 5.97 Å². The first-order valence-corrected chi connectivity index (χ1v) is 10.9. The van der Waals surface area contributed by atoms with E-state index in [4.69, 9.17) is 10.5 Å². The highest BCUT2D eigenvalue weighted by atomic mass is 16.5. The lowest BCUT2D eigenvalue weighted by Gasteiger charge is -2.03. The molecule has 1 amide bonds. The lowest BCUT2D eigenvalue weighted by molar-refractivity contribution is 0.0589. The highest BCUT2D eigenvalue weighted by Gasteiger charge is 2.19.